The Morgan fingerprint density at radius 3 is 2.16 bits per heavy atom. The van der Waals surface area contributed by atoms with Crippen LogP contribution in [0.15, 0.2) is 71.1 Å². The second-order valence-electron chi connectivity index (χ2n) is 9.04. The number of aliphatic carboxylic acids is 1. The van der Waals surface area contributed by atoms with E-state index in [4.69, 9.17) is 10.8 Å². The fourth-order valence-corrected chi connectivity index (χ4v) is 5.21. The van der Waals surface area contributed by atoms with Crippen LogP contribution in [-0.2, 0) is 16.1 Å². The predicted octanol–water partition coefficient (Wildman–Crippen LogP) is 5.69. The molecule has 4 aromatic rings. The Morgan fingerprint density at radius 1 is 1.03 bits per heavy atom. The second kappa shape index (κ2) is 10.9. The van der Waals surface area contributed by atoms with Crippen LogP contribution >= 0.6 is 0 Å². The molecule has 0 saturated carbocycles. The molecular formula is C29H26N2O6S. The van der Waals surface area contributed by atoms with E-state index in [1.54, 1.807) is 75.4 Å². The van der Waals surface area contributed by atoms with E-state index >= 15 is 0 Å². The van der Waals surface area contributed by atoms with Gasteiger partial charge in [-0.25, -0.2) is 9.00 Å². The fourth-order valence-electron chi connectivity index (χ4n) is 4.38. The first-order chi connectivity index (χ1) is 18.1. The molecule has 2 atom stereocenters. The van der Waals surface area contributed by atoms with Crippen LogP contribution in [0.3, 0.4) is 0 Å². The summed E-state index contributed by atoms with van der Waals surface area (Å²) in [6.07, 6.45) is 5.59. The molecule has 0 fully saturated rings. The Balaban J connectivity index is 1.53. The van der Waals surface area contributed by atoms with Crippen LogP contribution < -0.4 is 9.62 Å². The molecule has 2 unspecified atom stereocenters. The van der Waals surface area contributed by atoms with Crippen LogP contribution in [0.4, 0.5) is 11.4 Å². The maximum absolute atomic E-state index is 12.9. The highest BCUT2D eigenvalue weighted by Crippen LogP contribution is 2.30. The molecule has 9 heteroatoms. The highest BCUT2D eigenvalue weighted by molar-refractivity contribution is 7.80. The number of anilines is 2. The number of carbonyl (C=O) groups excluding carboxylic acids is 1. The molecule has 0 aliphatic heterocycles. The molecule has 38 heavy (non-hydrogen) atoms. The number of carboxylic acids is 1. The zero-order valence-electron chi connectivity index (χ0n) is 21.0. The van der Waals surface area contributed by atoms with Gasteiger partial charge in [-0.3, -0.25) is 13.7 Å². The van der Waals surface area contributed by atoms with Gasteiger partial charge < -0.3 is 14.8 Å². The van der Waals surface area contributed by atoms with E-state index in [1.165, 1.54) is 0 Å². The number of carbonyl (C=O) groups is 2. The molecule has 0 bridgehead atoms. The summed E-state index contributed by atoms with van der Waals surface area (Å²) in [4.78, 5) is 24.6. The van der Waals surface area contributed by atoms with E-state index in [2.05, 4.69) is 11.2 Å². The number of aryl methyl sites for hydroxylation is 1. The number of hydrogen-bond donors (Lipinski definition) is 3. The monoisotopic (exact) mass is 530 g/mol. The minimum absolute atomic E-state index is 0.189. The molecule has 4 rings (SSSR count). The molecule has 3 aromatic carbocycles. The van der Waals surface area contributed by atoms with Gasteiger partial charge in [0.05, 0.1) is 5.69 Å². The summed E-state index contributed by atoms with van der Waals surface area (Å²) >= 11 is -2.52. The van der Waals surface area contributed by atoms with E-state index in [-0.39, 0.29) is 5.76 Å². The molecule has 194 valence electrons. The van der Waals surface area contributed by atoms with E-state index < -0.39 is 35.1 Å². The van der Waals surface area contributed by atoms with Crippen molar-refractivity contribution < 1.29 is 27.9 Å². The van der Waals surface area contributed by atoms with Gasteiger partial charge >= 0.3 is 5.97 Å². The number of hydrogen-bond acceptors (Lipinski definition) is 4. The van der Waals surface area contributed by atoms with Crippen LogP contribution in [0.2, 0.25) is 0 Å². The fraction of sp³-hybridized carbons (Fsp3) is 0.172. The summed E-state index contributed by atoms with van der Waals surface area (Å²) in [6.45, 7) is 5.15. The third-order valence-corrected chi connectivity index (χ3v) is 6.99. The zero-order chi connectivity index (χ0) is 27.6. The largest absolute Gasteiger partial charge is 0.480 e. The number of nitrogens with one attached hydrogen (secondary N) is 1. The molecule has 1 amide bonds. The van der Waals surface area contributed by atoms with E-state index in [0.717, 1.165) is 20.8 Å². The number of carboxylic acid groups (broad SMARTS) is 1. The maximum atomic E-state index is 12.9. The minimum Gasteiger partial charge on any atom is -0.480 e. The van der Waals surface area contributed by atoms with Crippen LogP contribution in [0.5, 0.6) is 0 Å². The average molecular weight is 531 g/mol. The first kappa shape index (κ1) is 26.7. The quantitative estimate of drug-likeness (QED) is 0.199. The van der Waals surface area contributed by atoms with Crippen molar-refractivity contribution in [2.45, 2.75) is 26.8 Å². The lowest BCUT2D eigenvalue weighted by atomic mass is 10.0. The highest BCUT2D eigenvalue weighted by Gasteiger charge is 2.32. The molecule has 0 saturated heterocycles. The summed E-state index contributed by atoms with van der Waals surface area (Å²) in [5, 5.41) is 13.1. The van der Waals surface area contributed by atoms with Gasteiger partial charge in [-0.15, -0.1) is 6.42 Å². The van der Waals surface area contributed by atoms with Crippen molar-refractivity contribution in [3.8, 4) is 23.5 Å². The van der Waals surface area contributed by atoms with Crippen molar-refractivity contribution in [1.82, 2.24) is 0 Å². The molecule has 0 spiro atoms. The van der Waals surface area contributed by atoms with Gasteiger partial charge in [-0.1, -0.05) is 50.1 Å². The van der Waals surface area contributed by atoms with Crippen molar-refractivity contribution in [2.24, 2.45) is 5.92 Å². The topological polar surface area (TPSA) is 120 Å². The normalized spacial score (nSPS) is 12.6. The van der Waals surface area contributed by atoms with Crippen molar-refractivity contribution in [3.63, 3.8) is 0 Å². The number of terminal acetylenes is 1. The van der Waals surface area contributed by atoms with Crippen LogP contribution in [0.1, 0.15) is 35.5 Å². The molecule has 8 nitrogen and oxygen atoms in total. The summed E-state index contributed by atoms with van der Waals surface area (Å²) < 4.78 is 28.5. The number of rotatable bonds is 8. The zero-order valence-corrected chi connectivity index (χ0v) is 21.8. The van der Waals surface area contributed by atoms with Crippen molar-refractivity contribution in [1.29, 1.82) is 0 Å². The maximum Gasteiger partial charge on any atom is 0.327 e. The first-order valence-corrected chi connectivity index (χ1v) is 12.8. The lowest BCUT2D eigenvalue weighted by Crippen LogP contribution is -2.45. The summed E-state index contributed by atoms with van der Waals surface area (Å²) in [6, 6.07) is 18.0. The molecule has 1 heterocycles. The number of nitrogens with zero attached hydrogens (tertiary/aromatic N) is 1. The Kier molecular flexibility index (Phi) is 7.67. The van der Waals surface area contributed by atoms with E-state index in [9.17, 15) is 23.5 Å². The number of benzene rings is 3. The molecule has 0 aliphatic rings. The van der Waals surface area contributed by atoms with Crippen LogP contribution in [0.25, 0.3) is 22.1 Å². The van der Waals surface area contributed by atoms with Crippen molar-refractivity contribution in [2.75, 3.05) is 9.62 Å². The Morgan fingerprint density at radius 2 is 1.63 bits per heavy atom. The van der Waals surface area contributed by atoms with Gasteiger partial charge in [0.1, 0.15) is 11.6 Å². The predicted molar refractivity (Wildman–Crippen MR) is 148 cm³/mol. The molecule has 3 N–H and O–H groups in total. The summed E-state index contributed by atoms with van der Waals surface area (Å²) in [7, 11) is 0. The third-order valence-electron chi connectivity index (χ3n) is 6.22. The molecule has 1 aromatic heterocycles. The van der Waals surface area contributed by atoms with Gasteiger partial charge in [0.15, 0.2) is 5.76 Å². The van der Waals surface area contributed by atoms with E-state index in [0.29, 0.717) is 28.1 Å². The number of furan rings is 1. The lowest BCUT2D eigenvalue weighted by molar-refractivity contribution is -0.139. The highest BCUT2D eigenvalue weighted by atomic mass is 32.2. The average Bonchev–Trinajstić information content (AvgIpc) is 3.24. The molecule has 0 radical (unpaired) electrons. The number of amides is 1. The van der Waals surface area contributed by atoms with Crippen molar-refractivity contribution in [3.05, 3.63) is 83.6 Å². The Bertz CT molecular complexity index is 1570. The minimum atomic E-state index is -2.52. The van der Waals surface area contributed by atoms with Crippen LogP contribution in [-0.4, -0.2) is 31.8 Å². The molecular weight excluding hydrogens is 504 g/mol. The van der Waals surface area contributed by atoms with Crippen molar-refractivity contribution >= 4 is 45.5 Å². The van der Waals surface area contributed by atoms with Crippen LogP contribution in [0, 0.1) is 25.2 Å². The summed E-state index contributed by atoms with van der Waals surface area (Å²) in [5.74, 6) is 0.835. The first-order valence-electron chi connectivity index (χ1n) is 11.8. The van der Waals surface area contributed by atoms with Gasteiger partial charge in [0.2, 0.25) is 0 Å². The smallest absolute Gasteiger partial charge is 0.327 e. The Hall–Kier alpha value is -4.39. The molecule has 0 aliphatic carbocycles. The Labute approximate surface area is 222 Å². The second-order valence-corrected chi connectivity index (χ2v) is 9.90. The summed E-state index contributed by atoms with van der Waals surface area (Å²) in [5.41, 5.74) is 4.40. The number of fused-ring (bicyclic) bond motifs is 1. The van der Waals surface area contributed by atoms with Gasteiger partial charge in [0, 0.05) is 22.2 Å². The SMILES string of the molecule is C#Cc1cccc2oc(C(=O)Nc3ccc(-c4ccc(N(C(C(=O)O)C(C)C)S(=O)O)cc4)cc3)c(C)c12. The third kappa shape index (κ3) is 5.18. The van der Waals surface area contributed by atoms with Gasteiger partial charge in [-0.05, 0) is 60.4 Å². The van der Waals surface area contributed by atoms with Gasteiger partial charge in [-0.2, -0.15) is 0 Å². The van der Waals surface area contributed by atoms with E-state index in [1.807, 2.05) is 12.1 Å². The standard InChI is InChI=1S/C29H26N2O6S/c1-5-19-7-6-8-24-25(19)18(4)27(37-24)28(32)30-22-13-9-20(10-14-22)21-11-15-23(16-12-21)31(38(35)36)26(17(2)3)29(33)34/h1,6-17,26H,2-4H3,(H,30,32)(H,33,34)(H,35,36). The van der Waals surface area contributed by atoms with Gasteiger partial charge in [0.25, 0.3) is 17.2 Å². The lowest BCUT2D eigenvalue weighted by Gasteiger charge is -2.29.